The van der Waals surface area contributed by atoms with Crippen molar-refractivity contribution in [3.8, 4) is 6.07 Å². The number of aromatic nitrogens is 2. The molecule has 0 saturated heterocycles. The Balaban J connectivity index is 1.96. The van der Waals surface area contributed by atoms with Crippen LogP contribution in [-0.4, -0.2) is 50.6 Å². The first kappa shape index (κ1) is 14.8. The van der Waals surface area contributed by atoms with Crippen molar-refractivity contribution >= 4 is 12.0 Å². The molecule has 2 amide bonds. The summed E-state index contributed by atoms with van der Waals surface area (Å²) in [6.07, 6.45) is 5.16. The first-order valence-corrected chi connectivity index (χ1v) is 6.76. The fourth-order valence-electron chi connectivity index (χ4n) is 2.05. The van der Waals surface area contributed by atoms with Gasteiger partial charge in [0, 0.05) is 30.9 Å². The quantitative estimate of drug-likeness (QED) is 0.675. The number of hydrogen-bond acceptors (Lipinski definition) is 4. The van der Waals surface area contributed by atoms with Gasteiger partial charge in [0.25, 0.3) is 0 Å². The van der Waals surface area contributed by atoms with Crippen LogP contribution in [0.15, 0.2) is 12.5 Å². The number of carbonyl (C=O) groups is 2. The predicted molar refractivity (Wildman–Crippen MR) is 72.2 cm³/mol. The first-order valence-electron chi connectivity index (χ1n) is 6.76. The van der Waals surface area contributed by atoms with Crippen molar-refractivity contribution in [1.29, 1.82) is 5.26 Å². The molecule has 1 aliphatic carbocycles. The predicted octanol–water partition coefficient (Wildman–Crippen LogP) is 0.493. The van der Waals surface area contributed by atoms with Crippen LogP contribution in [0.5, 0.6) is 0 Å². The lowest BCUT2D eigenvalue weighted by Crippen LogP contribution is -2.49. The molecule has 1 unspecified atom stereocenters. The summed E-state index contributed by atoms with van der Waals surface area (Å²) in [4.78, 5) is 31.6. The van der Waals surface area contributed by atoms with Crippen LogP contribution in [0.3, 0.4) is 0 Å². The summed E-state index contributed by atoms with van der Waals surface area (Å²) in [6, 6.07) is 0.664. The van der Waals surface area contributed by atoms with Gasteiger partial charge in [-0.15, -0.1) is 0 Å². The Kier molecular flexibility index (Phi) is 4.77. The highest BCUT2D eigenvalue weighted by Gasteiger charge is 2.34. The van der Waals surface area contributed by atoms with Gasteiger partial charge in [-0.2, -0.15) is 5.26 Å². The van der Waals surface area contributed by atoms with Crippen LogP contribution in [0, 0.1) is 11.3 Å². The first-order chi connectivity index (χ1) is 10.1. The number of carboxylic acids is 1. The minimum Gasteiger partial charge on any atom is -0.480 e. The second kappa shape index (κ2) is 6.74. The Hall–Kier alpha value is -2.56. The molecular formula is C13H17N5O3. The third kappa shape index (κ3) is 4.21. The molecule has 1 fully saturated rings. The molecule has 0 aromatic carbocycles. The van der Waals surface area contributed by atoms with Gasteiger partial charge in [0.2, 0.25) is 0 Å². The van der Waals surface area contributed by atoms with E-state index in [2.05, 4.69) is 15.3 Å². The van der Waals surface area contributed by atoms with Crippen LogP contribution >= 0.6 is 0 Å². The lowest BCUT2D eigenvalue weighted by Gasteiger charge is -2.24. The monoisotopic (exact) mass is 291 g/mol. The van der Waals surface area contributed by atoms with E-state index < -0.39 is 18.0 Å². The summed E-state index contributed by atoms with van der Waals surface area (Å²) >= 11 is 0. The Bertz CT molecular complexity index is 533. The Morgan fingerprint density at radius 1 is 1.62 bits per heavy atom. The number of nitrogens with one attached hydrogen (secondary N) is 2. The second-order valence-electron chi connectivity index (χ2n) is 4.95. The van der Waals surface area contributed by atoms with Crippen LogP contribution in [-0.2, 0) is 11.2 Å². The Labute approximate surface area is 121 Å². The molecule has 0 bridgehead atoms. The van der Waals surface area contributed by atoms with Gasteiger partial charge in [-0.25, -0.2) is 14.6 Å². The van der Waals surface area contributed by atoms with Crippen molar-refractivity contribution in [3.05, 3.63) is 18.2 Å². The van der Waals surface area contributed by atoms with Crippen LogP contribution in [0.1, 0.15) is 25.0 Å². The Morgan fingerprint density at radius 3 is 2.90 bits per heavy atom. The third-order valence-corrected chi connectivity index (χ3v) is 3.29. The number of amides is 2. The van der Waals surface area contributed by atoms with E-state index in [1.54, 1.807) is 4.90 Å². The highest BCUT2D eigenvalue weighted by Crippen LogP contribution is 2.27. The van der Waals surface area contributed by atoms with Crippen molar-refractivity contribution in [3.63, 3.8) is 0 Å². The highest BCUT2D eigenvalue weighted by atomic mass is 16.4. The standard InChI is InChI=1S/C13H17N5O3/c14-4-1-5-18(10-2-3-10)13(21)17-11(12(19)20)6-9-7-15-8-16-9/h7-8,10-11H,1-3,5-6H2,(H,15,16)(H,17,21)(H,19,20). The molecule has 0 spiro atoms. The van der Waals surface area contributed by atoms with Gasteiger partial charge in [0.05, 0.1) is 18.8 Å². The molecule has 8 nitrogen and oxygen atoms in total. The molecule has 1 atom stereocenters. The number of imidazole rings is 1. The molecule has 1 aromatic rings. The Morgan fingerprint density at radius 2 is 2.38 bits per heavy atom. The lowest BCUT2D eigenvalue weighted by molar-refractivity contribution is -0.139. The molecule has 1 saturated carbocycles. The molecule has 0 radical (unpaired) electrons. The number of carboxylic acid groups (broad SMARTS) is 1. The van der Waals surface area contributed by atoms with Crippen molar-refractivity contribution in [2.24, 2.45) is 0 Å². The largest absolute Gasteiger partial charge is 0.480 e. The molecular weight excluding hydrogens is 274 g/mol. The number of aliphatic carboxylic acids is 1. The van der Waals surface area contributed by atoms with Gasteiger partial charge in [-0.05, 0) is 12.8 Å². The van der Waals surface area contributed by atoms with Crippen molar-refractivity contribution < 1.29 is 14.7 Å². The van der Waals surface area contributed by atoms with Crippen LogP contribution in [0.2, 0.25) is 0 Å². The third-order valence-electron chi connectivity index (χ3n) is 3.29. The molecule has 3 N–H and O–H groups in total. The fourth-order valence-corrected chi connectivity index (χ4v) is 2.05. The average molecular weight is 291 g/mol. The van der Waals surface area contributed by atoms with Gasteiger partial charge in [-0.1, -0.05) is 0 Å². The number of aromatic amines is 1. The maximum Gasteiger partial charge on any atom is 0.326 e. The maximum atomic E-state index is 12.2. The van der Waals surface area contributed by atoms with E-state index in [0.717, 1.165) is 12.8 Å². The summed E-state index contributed by atoms with van der Waals surface area (Å²) in [5.74, 6) is -1.10. The van der Waals surface area contributed by atoms with Gasteiger partial charge in [0.15, 0.2) is 0 Å². The molecule has 1 heterocycles. The maximum absolute atomic E-state index is 12.2. The van der Waals surface area contributed by atoms with Crippen molar-refractivity contribution in [2.75, 3.05) is 6.54 Å². The summed E-state index contributed by atoms with van der Waals surface area (Å²) in [5.41, 5.74) is 0.637. The number of nitriles is 1. The smallest absolute Gasteiger partial charge is 0.326 e. The molecule has 1 aromatic heterocycles. The van der Waals surface area contributed by atoms with Gasteiger partial charge in [-0.3, -0.25) is 0 Å². The zero-order chi connectivity index (χ0) is 15.2. The number of rotatable bonds is 7. The number of urea groups is 1. The van der Waals surface area contributed by atoms with Gasteiger partial charge < -0.3 is 20.3 Å². The molecule has 8 heteroatoms. The summed E-state index contributed by atoms with van der Waals surface area (Å²) < 4.78 is 0. The van der Waals surface area contributed by atoms with E-state index in [-0.39, 0.29) is 18.9 Å². The van der Waals surface area contributed by atoms with Crippen LogP contribution in [0.25, 0.3) is 0 Å². The zero-order valence-corrected chi connectivity index (χ0v) is 11.5. The molecule has 21 heavy (non-hydrogen) atoms. The topological polar surface area (TPSA) is 122 Å². The summed E-state index contributed by atoms with van der Waals surface area (Å²) in [5, 5.41) is 20.4. The van der Waals surface area contributed by atoms with E-state index in [4.69, 9.17) is 5.26 Å². The number of H-pyrrole nitrogens is 1. The zero-order valence-electron chi connectivity index (χ0n) is 11.5. The molecule has 2 rings (SSSR count). The minimum atomic E-state index is -1.10. The minimum absolute atomic E-state index is 0.125. The SMILES string of the molecule is N#CCCN(C(=O)NC(Cc1cnc[nH]1)C(=O)O)C1CC1. The molecule has 0 aliphatic heterocycles. The summed E-state index contributed by atoms with van der Waals surface area (Å²) in [6.45, 7) is 0.323. The van der Waals surface area contributed by atoms with Crippen LogP contribution < -0.4 is 5.32 Å². The van der Waals surface area contributed by atoms with E-state index in [1.807, 2.05) is 6.07 Å². The van der Waals surface area contributed by atoms with Crippen molar-refractivity contribution in [2.45, 2.75) is 37.8 Å². The summed E-state index contributed by atoms with van der Waals surface area (Å²) in [7, 11) is 0. The average Bonchev–Trinajstić information content (AvgIpc) is 3.15. The number of nitrogens with zero attached hydrogens (tertiary/aromatic N) is 3. The van der Waals surface area contributed by atoms with E-state index in [1.165, 1.54) is 12.5 Å². The van der Waals surface area contributed by atoms with E-state index >= 15 is 0 Å². The van der Waals surface area contributed by atoms with Gasteiger partial charge >= 0.3 is 12.0 Å². The normalized spacial score (nSPS) is 15.0. The lowest BCUT2D eigenvalue weighted by atomic mass is 10.1. The number of carbonyl (C=O) groups excluding carboxylic acids is 1. The van der Waals surface area contributed by atoms with Crippen molar-refractivity contribution in [1.82, 2.24) is 20.2 Å². The molecule has 1 aliphatic rings. The van der Waals surface area contributed by atoms with E-state index in [9.17, 15) is 14.7 Å². The fraction of sp³-hybridized carbons (Fsp3) is 0.538. The second-order valence-corrected chi connectivity index (χ2v) is 4.95. The molecule has 112 valence electrons. The highest BCUT2D eigenvalue weighted by molar-refractivity contribution is 5.83. The van der Waals surface area contributed by atoms with Gasteiger partial charge in [0.1, 0.15) is 6.04 Å². The number of hydrogen-bond donors (Lipinski definition) is 3. The van der Waals surface area contributed by atoms with Crippen LogP contribution in [0.4, 0.5) is 4.79 Å². The van der Waals surface area contributed by atoms with E-state index in [0.29, 0.717) is 12.2 Å².